The summed E-state index contributed by atoms with van der Waals surface area (Å²) >= 11 is 5.90. The number of ether oxygens (including phenoxy) is 1. The average molecular weight is 385 g/mol. The Bertz CT molecular complexity index is 846. The molecule has 0 spiro atoms. The number of amides is 1. The Morgan fingerprint density at radius 2 is 1.93 bits per heavy atom. The summed E-state index contributed by atoms with van der Waals surface area (Å²) in [5, 5.41) is 12.0. The first-order chi connectivity index (χ1) is 13.0. The first kappa shape index (κ1) is 20.5. The first-order valence-electron chi connectivity index (χ1n) is 8.67. The third kappa shape index (κ3) is 5.57. The number of halogens is 1. The predicted molar refractivity (Wildman–Crippen MR) is 104 cm³/mol. The molecule has 0 heterocycles. The fourth-order valence-corrected chi connectivity index (χ4v) is 2.90. The standard InChI is InChI=1S/C21H21ClN2O3/c1-3-14(2)20(15-7-5-4-6-8-15)21(26)27-13-19(25)24-18-11-17(22)10-9-16(18)12-23/h4-11,14,20H,3,13H2,1-2H3,(H,24,25)/t14-,20+/m1/s1. The van der Waals surface area contributed by atoms with Gasteiger partial charge in [-0.2, -0.15) is 5.26 Å². The summed E-state index contributed by atoms with van der Waals surface area (Å²) in [6.07, 6.45) is 0.800. The lowest BCUT2D eigenvalue weighted by Crippen LogP contribution is -2.27. The minimum Gasteiger partial charge on any atom is -0.455 e. The number of benzene rings is 2. The van der Waals surface area contributed by atoms with Crippen molar-refractivity contribution in [3.63, 3.8) is 0 Å². The van der Waals surface area contributed by atoms with Crippen molar-refractivity contribution in [2.45, 2.75) is 26.2 Å². The van der Waals surface area contributed by atoms with E-state index in [2.05, 4.69) is 5.32 Å². The van der Waals surface area contributed by atoms with Crippen molar-refractivity contribution in [1.29, 1.82) is 5.26 Å². The van der Waals surface area contributed by atoms with Crippen molar-refractivity contribution >= 4 is 29.2 Å². The van der Waals surface area contributed by atoms with E-state index in [-0.39, 0.29) is 17.2 Å². The molecule has 2 aromatic carbocycles. The molecule has 0 aliphatic carbocycles. The summed E-state index contributed by atoms with van der Waals surface area (Å²) in [6.45, 7) is 3.54. The highest BCUT2D eigenvalue weighted by atomic mass is 35.5. The topological polar surface area (TPSA) is 79.2 Å². The van der Waals surface area contributed by atoms with Crippen LogP contribution in [-0.4, -0.2) is 18.5 Å². The average Bonchev–Trinajstić information content (AvgIpc) is 2.67. The fraction of sp³-hybridized carbons (Fsp3) is 0.286. The van der Waals surface area contributed by atoms with Gasteiger partial charge in [-0.25, -0.2) is 0 Å². The number of hydrogen-bond donors (Lipinski definition) is 1. The van der Waals surface area contributed by atoms with Gasteiger partial charge in [0.05, 0.1) is 17.2 Å². The molecular formula is C21H21ClN2O3. The van der Waals surface area contributed by atoms with Crippen LogP contribution in [0.15, 0.2) is 48.5 Å². The second kappa shape index (κ2) is 9.75. The highest BCUT2D eigenvalue weighted by molar-refractivity contribution is 6.31. The zero-order valence-corrected chi connectivity index (χ0v) is 16.0. The van der Waals surface area contributed by atoms with Crippen LogP contribution in [0.5, 0.6) is 0 Å². The molecule has 0 bridgehead atoms. The van der Waals surface area contributed by atoms with E-state index in [4.69, 9.17) is 21.6 Å². The van der Waals surface area contributed by atoms with E-state index in [1.165, 1.54) is 12.1 Å². The smallest absolute Gasteiger partial charge is 0.314 e. The maximum atomic E-state index is 12.6. The van der Waals surface area contributed by atoms with Gasteiger partial charge in [-0.15, -0.1) is 0 Å². The van der Waals surface area contributed by atoms with Gasteiger partial charge in [0.25, 0.3) is 5.91 Å². The van der Waals surface area contributed by atoms with Crippen molar-refractivity contribution in [2.24, 2.45) is 5.92 Å². The summed E-state index contributed by atoms with van der Waals surface area (Å²) in [4.78, 5) is 24.8. The van der Waals surface area contributed by atoms with E-state index >= 15 is 0 Å². The minimum absolute atomic E-state index is 0.0704. The van der Waals surface area contributed by atoms with E-state index < -0.39 is 24.4 Å². The van der Waals surface area contributed by atoms with Gasteiger partial charge in [-0.3, -0.25) is 9.59 Å². The van der Waals surface area contributed by atoms with Gasteiger partial charge in [0, 0.05) is 5.02 Å². The number of rotatable bonds is 7. The number of nitriles is 1. The number of anilines is 1. The zero-order valence-electron chi connectivity index (χ0n) is 15.2. The minimum atomic E-state index is -0.530. The van der Waals surface area contributed by atoms with Crippen LogP contribution in [0.2, 0.25) is 5.02 Å². The molecule has 140 valence electrons. The Balaban J connectivity index is 2.04. The molecule has 5 nitrogen and oxygen atoms in total. The molecule has 1 N–H and O–H groups in total. The lowest BCUT2D eigenvalue weighted by atomic mass is 9.86. The van der Waals surface area contributed by atoms with Crippen LogP contribution in [0.3, 0.4) is 0 Å². The summed E-state index contributed by atoms with van der Waals surface area (Å²) in [6, 6.07) is 15.9. The third-order valence-corrected chi connectivity index (χ3v) is 4.58. The van der Waals surface area contributed by atoms with E-state index in [0.29, 0.717) is 5.02 Å². The van der Waals surface area contributed by atoms with Crippen molar-refractivity contribution < 1.29 is 14.3 Å². The molecule has 0 unspecified atom stereocenters. The second-order valence-corrected chi connectivity index (χ2v) is 6.67. The van der Waals surface area contributed by atoms with Gasteiger partial charge in [0.2, 0.25) is 0 Å². The monoisotopic (exact) mass is 384 g/mol. The second-order valence-electron chi connectivity index (χ2n) is 6.23. The lowest BCUT2D eigenvalue weighted by molar-refractivity contribution is -0.150. The van der Waals surface area contributed by atoms with Crippen LogP contribution in [0, 0.1) is 17.2 Å². The molecule has 2 aromatic rings. The van der Waals surface area contributed by atoms with E-state index in [9.17, 15) is 9.59 Å². The molecule has 0 saturated carbocycles. The van der Waals surface area contributed by atoms with Gasteiger partial charge in [0.15, 0.2) is 6.61 Å². The van der Waals surface area contributed by atoms with Crippen molar-refractivity contribution in [1.82, 2.24) is 0 Å². The molecule has 2 rings (SSSR count). The summed E-state index contributed by atoms with van der Waals surface area (Å²) in [5.41, 5.74) is 1.42. The Labute approximate surface area is 163 Å². The molecule has 27 heavy (non-hydrogen) atoms. The summed E-state index contributed by atoms with van der Waals surface area (Å²) in [5.74, 6) is -1.35. The number of esters is 1. The SMILES string of the molecule is CC[C@@H](C)[C@H](C(=O)OCC(=O)Nc1cc(Cl)ccc1C#N)c1ccccc1. The lowest BCUT2D eigenvalue weighted by Gasteiger charge is -2.21. The van der Waals surface area contributed by atoms with Crippen LogP contribution in [0.25, 0.3) is 0 Å². The third-order valence-electron chi connectivity index (χ3n) is 4.35. The van der Waals surface area contributed by atoms with Crippen molar-refractivity contribution in [3.8, 4) is 6.07 Å². The zero-order chi connectivity index (χ0) is 19.8. The van der Waals surface area contributed by atoms with Gasteiger partial charge in [0.1, 0.15) is 6.07 Å². The quantitative estimate of drug-likeness (QED) is 0.711. The number of nitrogens with one attached hydrogen (secondary N) is 1. The van der Waals surface area contributed by atoms with Gasteiger partial charge < -0.3 is 10.1 Å². The maximum Gasteiger partial charge on any atom is 0.314 e. The van der Waals surface area contributed by atoms with Crippen LogP contribution in [-0.2, 0) is 14.3 Å². The van der Waals surface area contributed by atoms with E-state index in [1.54, 1.807) is 6.07 Å². The summed E-state index contributed by atoms with van der Waals surface area (Å²) in [7, 11) is 0. The normalized spacial score (nSPS) is 12.5. The molecule has 0 radical (unpaired) electrons. The summed E-state index contributed by atoms with van der Waals surface area (Å²) < 4.78 is 5.25. The van der Waals surface area contributed by atoms with Gasteiger partial charge >= 0.3 is 5.97 Å². The molecule has 0 aliphatic rings. The number of hydrogen-bond acceptors (Lipinski definition) is 4. The largest absolute Gasteiger partial charge is 0.455 e. The van der Waals surface area contributed by atoms with E-state index in [1.807, 2.05) is 50.2 Å². The Hall–Kier alpha value is -2.84. The van der Waals surface area contributed by atoms with Gasteiger partial charge in [-0.05, 0) is 29.7 Å². The van der Waals surface area contributed by atoms with Crippen molar-refractivity contribution in [2.75, 3.05) is 11.9 Å². The molecular weight excluding hydrogens is 364 g/mol. The molecule has 6 heteroatoms. The highest BCUT2D eigenvalue weighted by Crippen LogP contribution is 2.28. The molecule has 1 amide bonds. The van der Waals surface area contributed by atoms with Crippen LogP contribution >= 0.6 is 11.6 Å². The van der Waals surface area contributed by atoms with Gasteiger partial charge in [-0.1, -0.05) is 62.2 Å². The Morgan fingerprint density at radius 1 is 1.22 bits per heavy atom. The number of carbonyl (C=O) groups is 2. The maximum absolute atomic E-state index is 12.6. The van der Waals surface area contributed by atoms with Crippen molar-refractivity contribution in [3.05, 3.63) is 64.7 Å². The van der Waals surface area contributed by atoms with Crippen LogP contribution in [0.1, 0.15) is 37.3 Å². The predicted octanol–water partition coefficient (Wildman–Crippen LogP) is 4.52. The first-order valence-corrected chi connectivity index (χ1v) is 9.05. The fourth-order valence-electron chi connectivity index (χ4n) is 2.72. The number of nitrogens with zero attached hydrogens (tertiary/aromatic N) is 1. The molecule has 0 aliphatic heterocycles. The molecule has 2 atom stereocenters. The number of carbonyl (C=O) groups excluding carboxylic acids is 2. The van der Waals surface area contributed by atoms with Crippen LogP contribution in [0.4, 0.5) is 5.69 Å². The molecule has 0 aromatic heterocycles. The molecule has 0 saturated heterocycles. The highest BCUT2D eigenvalue weighted by Gasteiger charge is 2.27. The van der Waals surface area contributed by atoms with Crippen LogP contribution < -0.4 is 5.32 Å². The Kier molecular flexibility index (Phi) is 7.39. The molecule has 0 fully saturated rings. The Morgan fingerprint density at radius 3 is 2.56 bits per heavy atom. The van der Waals surface area contributed by atoms with E-state index in [0.717, 1.165) is 12.0 Å².